The summed E-state index contributed by atoms with van der Waals surface area (Å²) in [5, 5.41) is 12.1. The molecule has 0 radical (unpaired) electrons. The Hall–Kier alpha value is -0.570. The molecule has 3 nitrogen and oxygen atoms in total. The van der Waals surface area contributed by atoms with E-state index >= 15 is 0 Å². The highest BCUT2D eigenvalue weighted by atomic mass is 16.4. The van der Waals surface area contributed by atoms with Crippen molar-refractivity contribution in [3.8, 4) is 0 Å². The van der Waals surface area contributed by atoms with Crippen molar-refractivity contribution < 1.29 is 9.90 Å². The van der Waals surface area contributed by atoms with Crippen LogP contribution in [0.5, 0.6) is 0 Å². The van der Waals surface area contributed by atoms with Crippen LogP contribution in [0, 0.1) is 5.92 Å². The first-order valence-corrected chi connectivity index (χ1v) is 5.20. The van der Waals surface area contributed by atoms with E-state index in [0.717, 1.165) is 12.8 Å². The number of hydrogen-bond donors (Lipinski definition) is 2. The molecule has 2 N–H and O–H groups in total. The van der Waals surface area contributed by atoms with Gasteiger partial charge >= 0.3 is 5.97 Å². The van der Waals surface area contributed by atoms with E-state index in [2.05, 4.69) is 12.2 Å². The van der Waals surface area contributed by atoms with E-state index in [1.807, 2.05) is 0 Å². The van der Waals surface area contributed by atoms with Gasteiger partial charge in [-0.2, -0.15) is 0 Å². The number of unbranched alkanes of at least 4 members (excludes halogenated alkanes) is 1. The molecule has 76 valence electrons. The molecule has 0 spiro atoms. The summed E-state index contributed by atoms with van der Waals surface area (Å²) in [4.78, 5) is 10.6. The quantitative estimate of drug-likeness (QED) is 0.700. The van der Waals surface area contributed by atoms with Gasteiger partial charge in [0, 0.05) is 12.6 Å². The van der Waals surface area contributed by atoms with Gasteiger partial charge in [-0.15, -0.1) is 0 Å². The Bertz CT molecular complexity index is 162. The maximum Gasteiger partial charge on any atom is 0.307 e. The van der Waals surface area contributed by atoms with E-state index in [0.29, 0.717) is 12.6 Å². The van der Waals surface area contributed by atoms with Crippen molar-refractivity contribution in [3.63, 3.8) is 0 Å². The molecule has 1 aliphatic heterocycles. The van der Waals surface area contributed by atoms with Crippen LogP contribution in [0.4, 0.5) is 0 Å². The number of aliphatic carboxylic acids is 1. The zero-order valence-corrected chi connectivity index (χ0v) is 8.25. The van der Waals surface area contributed by atoms with E-state index in [9.17, 15) is 4.79 Å². The number of piperidine rings is 1. The summed E-state index contributed by atoms with van der Waals surface area (Å²) in [5.41, 5.74) is 0. The molecule has 1 rings (SSSR count). The Morgan fingerprint density at radius 1 is 1.54 bits per heavy atom. The second kappa shape index (κ2) is 5.22. The molecule has 2 atom stereocenters. The van der Waals surface area contributed by atoms with Crippen LogP contribution < -0.4 is 5.32 Å². The third kappa shape index (κ3) is 3.35. The van der Waals surface area contributed by atoms with Crippen molar-refractivity contribution in [3.05, 3.63) is 0 Å². The standard InChI is InChI=1S/C10H19NO2/c1-2-3-4-9-6-5-8(7-11-9)10(12)13/h8-9,11H,2-7H2,1H3,(H,12,13). The number of rotatable bonds is 4. The van der Waals surface area contributed by atoms with Gasteiger partial charge in [0.25, 0.3) is 0 Å². The maximum absolute atomic E-state index is 10.6. The summed E-state index contributed by atoms with van der Waals surface area (Å²) in [7, 11) is 0. The molecule has 0 aromatic carbocycles. The van der Waals surface area contributed by atoms with Gasteiger partial charge in [0.1, 0.15) is 0 Å². The average molecular weight is 185 g/mol. The Morgan fingerprint density at radius 3 is 2.77 bits per heavy atom. The molecule has 2 unspecified atom stereocenters. The number of carboxylic acids is 1. The fraction of sp³-hybridized carbons (Fsp3) is 0.900. The third-order valence-corrected chi connectivity index (χ3v) is 2.77. The monoisotopic (exact) mass is 185 g/mol. The van der Waals surface area contributed by atoms with Crippen LogP contribution in [-0.4, -0.2) is 23.7 Å². The minimum Gasteiger partial charge on any atom is -0.481 e. The minimum atomic E-state index is -0.651. The average Bonchev–Trinajstić information content (AvgIpc) is 2.15. The van der Waals surface area contributed by atoms with E-state index in [1.54, 1.807) is 0 Å². The van der Waals surface area contributed by atoms with Gasteiger partial charge in [-0.25, -0.2) is 0 Å². The van der Waals surface area contributed by atoms with Gasteiger partial charge in [0.2, 0.25) is 0 Å². The van der Waals surface area contributed by atoms with E-state index < -0.39 is 5.97 Å². The lowest BCUT2D eigenvalue weighted by Gasteiger charge is -2.27. The van der Waals surface area contributed by atoms with Crippen LogP contribution in [0.15, 0.2) is 0 Å². The molecule has 0 amide bonds. The minimum absolute atomic E-state index is 0.155. The van der Waals surface area contributed by atoms with Gasteiger partial charge in [-0.3, -0.25) is 4.79 Å². The molecule has 1 heterocycles. The third-order valence-electron chi connectivity index (χ3n) is 2.77. The smallest absolute Gasteiger partial charge is 0.307 e. The van der Waals surface area contributed by atoms with Crippen LogP contribution in [-0.2, 0) is 4.79 Å². The van der Waals surface area contributed by atoms with Crippen molar-refractivity contribution in [1.29, 1.82) is 0 Å². The highest BCUT2D eigenvalue weighted by Gasteiger charge is 2.24. The van der Waals surface area contributed by atoms with Crippen molar-refractivity contribution in [2.24, 2.45) is 5.92 Å². The molecule has 1 saturated heterocycles. The molecule has 1 aliphatic rings. The van der Waals surface area contributed by atoms with Crippen molar-refractivity contribution in [1.82, 2.24) is 5.32 Å². The van der Waals surface area contributed by atoms with Gasteiger partial charge in [-0.05, 0) is 19.3 Å². The SMILES string of the molecule is CCCCC1CCC(C(=O)O)CN1. The summed E-state index contributed by atoms with van der Waals surface area (Å²) in [5.74, 6) is -0.806. The van der Waals surface area contributed by atoms with Gasteiger partial charge in [0.05, 0.1) is 5.92 Å². The van der Waals surface area contributed by atoms with Crippen LogP contribution in [0.1, 0.15) is 39.0 Å². The molecule has 13 heavy (non-hydrogen) atoms. The molecular formula is C10H19NO2. The summed E-state index contributed by atoms with van der Waals surface area (Å²) < 4.78 is 0. The Labute approximate surface area is 79.5 Å². The summed E-state index contributed by atoms with van der Waals surface area (Å²) in [6.07, 6.45) is 5.53. The highest BCUT2D eigenvalue weighted by Crippen LogP contribution is 2.17. The second-order valence-electron chi connectivity index (χ2n) is 3.86. The van der Waals surface area contributed by atoms with Crippen LogP contribution in [0.3, 0.4) is 0 Å². The van der Waals surface area contributed by atoms with Crippen LogP contribution in [0.2, 0.25) is 0 Å². The van der Waals surface area contributed by atoms with Crippen molar-refractivity contribution >= 4 is 5.97 Å². The lowest BCUT2D eigenvalue weighted by Crippen LogP contribution is -2.41. The Kier molecular flexibility index (Phi) is 4.22. The predicted octanol–water partition coefficient (Wildman–Crippen LogP) is 1.63. The topological polar surface area (TPSA) is 49.3 Å². The van der Waals surface area contributed by atoms with Crippen LogP contribution in [0.25, 0.3) is 0 Å². The molecule has 0 bridgehead atoms. The number of carbonyl (C=O) groups is 1. The fourth-order valence-electron chi connectivity index (χ4n) is 1.82. The molecule has 3 heteroatoms. The van der Waals surface area contributed by atoms with Crippen molar-refractivity contribution in [2.45, 2.75) is 45.1 Å². The van der Waals surface area contributed by atoms with Gasteiger partial charge in [-0.1, -0.05) is 19.8 Å². The second-order valence-corrected chi connectivity index (χ2v) is 3.86. The highest BCUT2D eigenvalue weighted by molar-refractivity contribution is 5.70. The first kappa shape index (κ1) is 10.5. The summed E-state index contributed by atoms with van der Waals surface area (Å²) in [6, 6.07) is 0.565. The van der Waals surface area contributed by atoms with E-state index in [-0.39, 0.29) is 5.92 Å². The Morgan fingerprint density at radius 2 is 2.31 bits per heavy atom. The molecule has 1 fully saturated rings. The lowest BCUT2D eigenvalue weighted by atomic mass is 9.92. The largest absolute Gasteiger partial charge is 0.481 e. The molecular weight excluding hydrogens is 166 g/mol. The normalized spacial score (nSPS) is 28.7. The zero-order chi connectivity index (χ0) is 9.68. The maximum atomic E-state index is 10.6. The molecule has 0 aromatic rings. The summed E-state index contributed by atoms with van der Waals surface area (Å²) in [6.45, 7) is 2.84. The number of nitrogens with one attached hydrogen (secondary N) is 1. The Balaban J connectivity index is 2.18. The summed E-state index contributed by atoms with van der Waals surface area (Å²) >= 11 is 0. The number of carboxylic acid groups (broad SMARTS) is 1. The van der Waals surface area contributed by atoms with Crippen LogP contribution >= 0.6 is 0 Å². The zero-order valence-electron chi connectivity index (χ0n) is 8.25. The van der Waals surface area contributed by atoms with Crippen molar-refractivity contribution in [2.75, 3.05) is 6.54 Å². The first-order valence-electron chi connectivity index (χ1n) is 5.20. The van der Waals surface area contributed by atoms with Gasteiger partial charge in [0.15, 0.2) is 0 Å². The first-order chi connectivity index (χ1) is 6.24. The molecule has 0 aromatic heterocycles. The van der Waals surface area contributed by atoms with Gasteiger partial charge < -0.3 is 10.4 Å². The lowest BCUT2D eigenvalue weighted by molar-refractivity contribution is -0.142. The predicted molar refractivity (Wildman–Crippen MR) is 51.7 cm³/mol. The van der Waals surface area contributed by atoms with E-state index in [1.165, 1.54) is 19.3 Å². The molecule has 0 saturated carbocycles. The number of hydrogen-bond acceptors (Lipinski definition) is 2. The van der Waals surface area contributed by atoms with E-state index in [4.69, 9.17) is 5.11 Å². The fourth-order valence-corrected chi connectivity index (χ4v) is 1.82. The molecule has 0 aliphatic carbocycles.